The number of carbonyl (C=O) groups is 2. The van der Waals surface area contributed by atoms with Crippen molar-refractivity contribution in [2.24, 2.45) is 0 Å². The molecule has 0 aliphatic carbocycles. The average molecular weight is 330 g/mol. The first kappa shape index (κ1) is 17.5. The van der Waals surface area contributed by atoms with Gasteiger partial charge >= 0.3 is 0 Å². The van der Waals surface area contributed by atoms with Gasteiger partial charge in [0.1, 0.15) is 11.4 Å². The summed E-state index contributed by atoms with van der Waals surface area (Å²) in [6, 6.07) is 5.26. The number of amides is 2. The molecule has 2 aromatic rings. The predicted molar refractivity (Wildman–Crippen MR) is 91.6 cm³/mol. The lowest BCUT2D eigenvalue weighted by Gasteiger charge is -2.14. The van der Waals surface area contributed by atoms with Crippen molar-refractivity contribution in [3.05, 3.63) is 41.2 Å². The van der Waals surface area contributed by atoms with Crippen molar-refractivity contribution in [1.29, 1.82) is 0 Å². The Labute approximate surface area is 141 Å². The highest BCUT2D eigenvalue weighted by molar-refractivity contribution is 6.09. The number of nitrogens with zero attached hydrogens (tertiary/aromatic N) is 3. The van der Waals surface area contributed by atoms with Crippen LogP contribution in [-0.2, 0) is 6.54 Å². The van der Waals surface area contributed by atoms with Gasteiger partial charge in [-0.25, -0.2) is 0 Å². The molecule has 0 radical (unpaired) electrons. The Morgan fingerprint density at radius 2 is 2.04 bits per heavy atom. The van der Waals surface area contributed by atoms with Crippen LogP contribution in [0.3, 0.4) is 0 Å². The molecule has 7 nitrogen and oxygen atoms in total. The fraction of sp³-hybridized carbons (Fsp3) is 0.353. The molecule has 0 aliphatic rings. The molecule has 2 amide bonds. The quantitative estimate of drug-likeness (QED) is 0.911. The third-order valence-electron chi connectivity index (χ3n) is 3.74. The molecule has 2 rings (SSSR count). The van der Waals surface area contributed by atoms with Crippen molar-refractivity contribution in [3.8, 4) is 5.75 Å². The zero-order valence-corrected chi connectivity index (χ0v) is 14.6. The number of rotatable bonds is 5. The topological polar surface area (TPSA) is 76.5 Å². The van der Waals surface area contributed by atoms with Crippen LogP contribution in [0.1, 0.15) is 33.3 Å². The summed E-state index contributed by atoms with van der Waals surface area (Å²) in [5.74, 6) is 0.110. The zero-order chi connectivity index (χ0) is 17.9. The van der Waals surface area contributed by atoms with Crippen LogP contribution >= 0.6 is 0 Å². The lowest BCUT2D eigenvalue weighted by atomic mass is 10.1. The van der Waals surface area contributed by atoms with Crippen molar-refractivity contribution in [3.63, 3.8) is 0 Å². The number of anilines is 1. The van der Waals surface area contributed by atoms with Crippen LogP contribution in [0.4, 0.5) is 5.69 Å². The zero-order valence-electron chi connectivity index (χ0n) is 14.6. The van der Waals surface area contributed by atoms with E-state index in [4.69, 9.17) is 4.74 Å². The molecular formula is C17H22N4O3. The largest absolute Gasteiger partial charge is 0.496 e. The smallest absolute Gasteiger partial charge is 0.273 e. The van der Waals surface area contributed by atoms with Gasteiger partial charge in [-0.05, 0) is 26.0 Å². The average Bonchev–Trinajstić information content (AvgIpc) is 2.96. The minimum absolute atomic E-state index is 0.216. The Hall–Kier alpha value is -2.83. The summed E-state index contributed by atoms with van der Waals surface area (Å²) >= 11 is 0. The van der Waals surface area contributed by atoms with Gasteiger partial charge < -0.3 is 15.0 Å². The number of carbonyl (C=O) groups excluding carboxylic acids is 2. The maximum absolute atomic E-state index is 12.6. The second-order valence-corrected chi connectivity index (χ2v) is 5.51. The highest BCUT2D eigenvalue weighted by Gasteiger charge is 2.22. The molecule has 7 heteroatoms. The van der Waals surface area contributed by atoms with Crippen LogP contribution in [0.5, 0.6) is 5.75 Å². The van der Waals surface area contributed by atoms with E-state index in [0.29, 0.717) is 29.2 Å². The van der Waals surface area contributed by atoms with Gasteiger partial charge in [-0.1, -0.05) is 6.07 Å². The van der Waals surface area contributed by atoms with Gasteiger partial charge in [0.05, 0.1) is 19.0 Å². The highest BCUT2D eigenvalue weighted by atomic mass is 16.5. The maximum Gasteiger partial charge on any atom is 0.273 e. The third kappa shape index (κ3) is 3.24. The van der Waals surface area contributed by atoms with E-state index >= 15 is 0 Å². The van der Waals surface area contributed by atoms with E-state index in [0.717, 1.165) is 5.56 Å². The Bertz CT molecular complexity index is 765. The molecule has 1 heterocycles. The molecule has 0 bridgehead atoms. The molecule has 0 saturated carbocycles. The van der Waals surface area contributed by atoms with Crippen LogP contribution in [0.25, 0.3) is 0 Å². The van der Waals surface area contributed by atoms with Gasteiger partial charge in [-0.3, -0.25) is 14.3 Å². The number of ether oxygens (including phenoxy) is 1. The number of aryl methyl sites for hydroxylation is 1. The van der Waals surface area contributed by atoms with Crippen LogP contribution < -0.4 is 10.1 Å². The van der Waals surface area contributed by atoms with Crippen LogP contribution in [0, 0.1) is 6.92 Å². The van der Waals surface area contributed by atoms with E-state index < -0.39 is 0 Å². The highest BCUT2D eigenvalue weighted by Crippen LogP contribution is 2.23. The first-order valence-electron chi connectivity index (χ1n) is 7.63. The summed E-state index contributed by atoms with van der Waals surface area (Å²) in [5, 5.41) is 6.95. The van der Waals surface area contributed by atoms with E-state index in [1.165, 1.54) is 11.1 Å². The van der Waals surface area contributed by atoms with Gasteiger partial charge in [-0.15, -0.1) is 0 Å². The minimum atomic E-state index is -0.310. The second kappa shape index (κ2) is 7.16. The summed E-state index contributed by atoms with van der Waals surface area (Å²) in [5.41, 5.74) is 1.97. The van der Waals surface area contributed by atoms with Gasteiger partial charge in [-0.2, -0.15) is 5.10 Å². The van der Waals surface area contributed by atoms with Crippen molar-refractivity contribution in [2.45, 2.75) is 20.4 Å². The van der Waals surface area contributed by atoms with E-state index in [1.54, 1.807) is 44.1 Å². The molecule has 1 aromatic carbocycles. The molecule has 0 unspecified atom stereocenters. The summed E-state index contributed by atoms with van der Waals surface area (Å²) in [6.45, 7) is 4.23. The lowest BCUT2D eigenvalue weighted by molar-refractivity contribution is 0.0816. The van der Waals surface area contributed by atoms with Crippen molar-refractivity contribution >= 4 is 17.5 Å². The van der Waals surface area contributed by atoms with Gasteiger partial charge in [0.25, 0.3) is 11.8 Å². The van der Waals surface area contributed by atoms with Crippen LogP contribution in [-0.4, -0.2) is 47.7 Å². The molecule has 1 N–H and O–H groups in total. The maximum atomic E-state index is 12.6. The summed E-state index contributed by atoms with van der Waals surface area (Å²) in [7, 11) is 4.88. The number of aromatic nitrogens is 2. The molecule has 0 fully saturated rings. The first-order chi connectivity index (χ1) is 11.4. The second-order valence-electron chi connectivity index (χ2n) is 5.51. The Balaban J connectivity index is 2.37. The fourth-order valence-electron chi connectivity index (χ4n) is 2.43. The normalized spacial score (nSPS) is 10.4. The molecule has 0 atom stereocenters. The Kier molecular flexibility index (Phi) is 5.23. The van der Waals surface area contributed by atoms with Crippen molar-refractivity contribution in [1.82, 2.24) is 14.7 Å². The Morgan fingerprint density at radius 3 is 2.62 bits per heavy atom. The summed E-state index contributed by atoms with van der Waals surface area (Å²) in [6.07, 6.45) is 1.49. The lowest BCUT2D eigenvalue weighted by Crippen LogP contribution is -2.26. The van der Waals surface area contributed by atoms with Gasteiger partial charge in [0, 0.05) is 31.8 Å². The van der Waals surface area contributed by atoms with E-state index in [2.05, 4.69) is 10.4 Å². The molecule has 0 spiro atoms. The van der Waals surface area contributed by atoms with E-state index in [9.17, 15) is 9.59 Å². The predicted octanol–water partition coefficient (Wildman–Crippen LogP) is 2.17. The fourth-order valence-corrected chi connectivity index (χ4v) is 2.43. The first-order valence-corrected chi connectivity index (χ1v) is 7.63. The number of benzene rings is 1. The van der Waals surface area contributed by atoms with Crippen LogP contribution in [0.15, 0.2) is 24.4 Å². The standard InChI is InChI=1S/C17H22N4O3/c1-6-21-15(17(23)20(3)4)13(10-18-21)19-16(22)12-8-7-9-14(24-5)11(12)2/h7-10H,6H2,1-5H3,(H,19,22). The van der Waals surface area contributed by atoms with Gasteiger partial charge in [0.15, 0.2) is 0 Å². The van der Waals surface area contributed by atoms with E-state index in [1.807, 2.05) is 13.8 Å². The van der Waals surface area contributed by atoms with Gasteiger partial charge in [0.2, 0.25) is 0 Å². The molecule has 1 aromatic heterocycles. The molecular weight excluding hydrogens is 308 g/mol. The SMILES string of the molecule is CCn1ncc(NC(=O)c2cccc(OC)c2C)c1C(=O)N(C)C. The van der Waals surface area contributed by atoms with Crippen LogP contribution in [0.2, 0.25) is 0 Å². The number of hydrogen-bond acceptors (Lipinski definition) is 4. The molecule has 24 heavy (non-hydrogen) atoms. The summed E-state index contributed by atoms with van der Waals surface area (Å²) < 4.78 is 6.81. The molecule has 0 saturated heterocycles. The third-order valence-corrected chi connectivity index (χ3v) is 3.74. The minimum Gasteiger partial charge on any atom is -0.496 e. The number of methoxy groups -OCH3 is 1. The number of hydrogen-bond donors (Lipinski definition) is 1. The summed E-state index contributed by atoms with van der Waals surface area (Å²) in [4.78, 5) is 26.5. The molecule has 128 valence electrons. The van der Waals surface area contributed by atoms with Crippen molar-refractivity contribution < 1.29 is 14.3 Å². The number of nitrogens with one attached hydrogen (secondary N) is 1. The Morgan fingerprint density at radius 1 is 1.33 bits per heavy atom. The molecule has 0 aliphatic heterocycles. The van der Waals surface area contributed by atoms with E-state index in [-0.39, 0.29) is 11.8 Å². The van der Waals surface area contributed by atoms with Crippen molar-refractivity contribution in [2.75, 3.05) is 26.5 Å². The monoisotopic (exact) mass is 330 g/mol.